The Morgan fingerprint density at radius 3 is 2.67 bits per heavy atom. The van der Waals surface area contributed by atoms with Crippen molar-refractivity contribution < 1.29 is 14.3 Å². The van der Waals surface area contributed by atoms with Gasteiger partial charge in [-0.05, 0) is 54.7 Å². The second-order valence-electron chi connectivity index (χ2n) is 5.32. The summed E-state index contributed by atoms with van der Waals surface area (Å²) in [5.41, 5.74) is 2.88. The summed E-state index contributed by atoms with van der Waals surface area (Å²) in [4.78, 5) is 22.5. The molecule has 0 radical (unpaired) electrons. The van der Waals surface area contributed by atoms with Gasteiger partial charge in [0.1, 0.15) is 12.0 Å². The van der Waals surface area contributed by atoms with Crippen LogP contribution in [0.1, 0.15) is 44.7 Å². The maximum absolute atomic E-state index is 11.7. The molecule has 0 aliphatic rings. The van der Waals surface area contributed by atoms with Gasteiger partial charge in [0.15, 0.2) is 5.78 Å². The number of aldehydes is 1. The topological polar surface area (TPSA) is 43.4 Å². The van der Waals surface area contributed by atoms with Crippen LogP contribution in [0.5, 0.6) is 5.75 Å². The molecule has 21 heavy (non-hydrogen) atoms. The van der Waals surface area contributed by atoms with Gasteiger partial charge in [0, 0.05) is 12.3 Å². The fraction of sp³-hybridized carbons (Fsp3) is 0.444. The molecule has 0 N–H and O–H groups in total. The summed E-state index contributed by atoms with van der Waals surface area (Å²) in [6.07, 6.45) is 4.98. The van der Waals surface area contributed by atoms with Crippen LogP contribution in [-0.4, -0.2) is 19.2 Å². The lowest BCUT2D eigenvalue weighted by molar-refractivity contribution is -0.115. The third-order valence-corrected chi connectivity index (χ3v) is 3.58. The Balaban J connectivity index is 3.06. The summed E-state index contributed by atoms with van der Waals surface area (Å²) >= 11 is 0. The molecule has 3 nitrogen and oxygen atoms in total. The molecule has 0 bridgehead atoms. The lowest BCUT2D eigenvalue weighted by atomic mass is 9.96. The van der Waals surface area contributed by atoms with Gasteiger partial charge in [-0.2, -0.15) is 0 Å². The van der Waals surface area contributed by atoms with Crippen molar-refractivity contribution in [3.05, 3.63) is 34.9 Å². The summed E-state index contributed by atoms with van der Waals surface area (Å²) in [5.74, 6) is 0.977. The fourth-order valence-corrected chi connectivity index (χ4v) is 2.11. The number of ketones is 1. The van der Waals surface area contributed by atoms with E-state index in [1.807, 2.05) is 45.0 Å². The van der Waals surface area contributed by atoms with E-state index in [4.69, 9.17) is 4.74 Å². The van der Waals surface area contributed by atoms with Crippen molar-refractivity contribution in [1.82, 2.24) is 0 Å². The van der Waals surface area contributed by atoms with Gasteiger partial charge in [-0.15, -0.1) is 0 Å². The Bertz CT molecular complexity index is 529. The lowest BCUT2D eigenvalue weighted by Gasteiger charge is -2.11. The van der Waals surface area contributed by atoms with Crippen LogP contribution in [0.2, 0.25) is 0 Å². The van der Waals surface area contributed by atoms with Crippen LogP contribution in [0.4, 0.5) is 0 Å². The second-order valence-corrected chi connectivity index (χ2v) is 5.32. The van der Waals surface area contributed by atoms with Gasteiger partial charge in [-0.3, -0.25) is 4.79 Å². The molecule has 3 heteroatoms. The molecular formula is C18H24O3. The molecule has 1 unspecified atom stereocenters. The first-order valence-electron chi connectivity index (χ1n) is 7.35. The van der Waals surface area contributed by atoms with E-state index in [9.17, 15) is 9.59 Å². The summed E-state index contributed by atoms with van der Waals surface area (Å²) in [5, 5.41) is 0. The molecule has 1 atom stereocenters. The number of carbonyl (C=O) groups excluding carboxylic acids is 2. The summed E-state index contributed by atoms with van der Waals surface area (Å²) < 4.78 is 5.26. The van der Waals surface area contributed by atoms with Gasteiger partial charge in [0.05, 0.1) is 7.11 Å². The molecule has 0 saturated heterocycles. The maximum atomic E-state index is 11.7. The molecule has 1 aromatic carbocycles. The predicted molar refractivity (Wildman–Crippen MR) is 85.5 cm³/mol. The highest BCUT2D eigenvalue weighted by atomic mass is 16.5. The van der Waals surface area contributed by atoms with E-state index >= 15 is 0 Å². The van der Waals surface area contributed by atoms with Gasteiger partial charge in [0.2, 0.25) is 0 Å². The van der Waals surface area contributed by atoms with Gasteiger partial charge in [-0.25, -0.2) is 0 Å². The van der Waals surface area contributed by atoms with E-state index in [1.54, 1.807) is 7.11 Å². The zero-order valence-corrected chi connectivity index (χ0v) is 13.3. The van der Waals surface area contributed by atoms with Crippen LogP contribution in [0, 0.1) is 5.92 Å². The van der Waals surface area contributed by atoms with E-state index < -0.39 is 0 Å². The molecule has 1 aromatic rings. The number of Topliss-reactive ketones (excluding diaryl/α,β-unsaturated/α-hetero) is 1. The highest BCUT2D eigenvalue weighted by Crippen LogP contribution is 2.23. The van der Waals surface area contributed by atoms with E-state index in [0.29, 0.717) is 6.42 Å². The Labute approximate surface area is 127 Å². The zero-order chi connectivity index (χ0) is 15.8. The molecule has 0 fully saturated rings. The van der Waals surface area contributed by atoms with E-state index in [2.05, 4.69) is 0 Å². The second kappa shape index (κ2) is 8.40. The quantitative estimate of drug-likeness (QED) is 0.539. The number of allylic oxidation sites excluding steroid dienone is 1. The van der Waals surface area contributed by atoms with E-state index in [1.165, 1.54) is 0 Å². The van der Waals surface area contributed by atoms with Crippen LogP contribution < -0.4 is 4.74 Å². The Kier molecular flexibility index (Phi) is 6.86. The molecule has 0 aliphatic heterocycles. The van der Waals surface area contributed by atoms with Crippen molar-refractivity contribution in [3.8, 4) is 5.75 Å². The molecule has 0 aliphatic carbocycles. The molecule has 1 rings (SSSR count). The third-order valence-electron chi connectivity index (χ3n) is 3.58. The molecule has 0 saturated carbocycles. The standard InChI is InChI=1S/C18H24O3/c1-5-18(20)14(3)10-15-8-9-17(21-4)11-16(15)7-6-13(2)12-19/h8-13H,5-7H2,1-4H3/b14-10+. The molecular weight excluding hydrogens is 264 g/mol. The normalized spacial score (nSPS) is 12.9. The first-order valence-corrected chi connectivity index (χ1v) is 7.35. The number of ether oxygens (including phenoxy) is 1. The number of carbonyl (C=O) groups is 2. The van der Waals surface area contributed by atoms with Crippen molar-refractivity contribution in [2.75, 3.05) is 7.11 Å². The minimum Gasteiger partial charge on any atom is -0.497 e. The lowest BCUT2D eigenvalue weighted by Crippen LogP contribution is -2.01. The molecule has 0 heterocycles. The largest absolute Gasteiger partial charge is 0.497 e. The summed E-state index contributed by atoms with van der Waals surface area (Å²) in [6.45, 7) is 5.61. The van der Waals surface area contributed by atoms with E-state index in [-0.39, 0.29) is 11.7 Å². The highest BCUT2D eigenvalue weighted by Gasteiger charge is 2.08. The van der Waals surface area contributed by atoms with Gasteiger partial charge in [0.25, 0.3) is 0 Å². The maximum Gasteiger partial charge on any atom is 0.158 e. The van der Waals surface area contributed by atoms with Crippen LogP contribution in [0.3, 0.4) is 0 Å². The van der Waals surface area contributed by atoms with Gasteiger partial charge in [-0.1, -0.05) is 19.9 Å². The fourth-order valence-electron chi connectivity index (χ4n) is 2.11. The minimum absolute atomic E-state index is 0.0337. The minimum atomic E-state index is 0.0337. The average molecular weight is 288 g/mol. The van der Waals surface area contributed by atoms with Crippen molar-refractivity contribution >= 4 is 18.1 Å². The third kappa shape index (κ3) is 5.18. The SMILES string of the molecule is CCC(=O)/C(C)=C/c1ccc(OC)cc1CCC(C)C=O. The van der Waals surface area contributed by atoms with Crippen molar-refractivity contribution in [3.63, 3.8) is 0 Å². The number of hydrogen-bond acceptors (Lipinski definition) is 3. The molecule has 0 aromatic heterocycles. The highest BCUT2D eigenvalue weighted by molar-refractivity contribution is 5.98. The monoisotopic (exact) mass is 288 g/mol. The van der Waals surface area contributed by atoms with Crippen molar-refractivity contribution in [1.29, 1.82) is 0 Å². The number of methoxy groups -OCH3 is 1. The van der Waals surface area contributed by atoms with Crippen LogP contribution in [0.15, 0.2) is 23.8 Å². The molecule has 0 amide bonds. The smallest absolute Gasteiger partial charge is 0.158 e. The number of benzene rings is 1. The first-order chi connectivity index (χ1) is 10.0. The average Bonchev–Trinajstić information content (AvgIpc) is 2.52. The van der Waals surface area contributed by atoms with Crippen molar-refractivity contribution in [2.24, 2.45) is 5.92 Å². The Morgan fingerprint density at radius 2 is 2.10 bits per heavy atom. The first kappa shape index (κ1) is 17.2. The van der Waals surface area contributed by atoms with Crippen LogP contribution >= 0.6 is 0 Å². The molecule has 114 valence electrons. The number of rotatable bonds is 8. The Hall–Kier alpha value is -1.90. The molecule has 0 spiro atoms. The van der Waals surface area contributed by atoms with Crippen LogP contribution in [-0.2, 0) is 16.0 Å². The number of aryl methyl sites for hydroxylation is 1. The zero-order valence-electron chi connectivity index (χ0n) is 13.3. The van der Waals surface area contributed by atoms with E-state index in [0.717, 1.165) is 41.6 Å². The van der Waals surface area contributed by atoms with Crippen molar-refractivity contribution in [2.45, 2.75) is 40.0 Å². The predicted octanol–water partition coefficient (Wildman–Crippen LogP) is 3.85. The Morgan fingerprint density at radius 1 is 1.38 bits per heavy atom. The van der Waals surface area contributed by atoms with Gasteiger partial charge < -0.3 is 9.53 Å². The number of hydrogen-bond donors (Lipinski definition) is 0. The summed E-state index contributed by atoms with van der Waals surface area (Å²) in [7, 11) is 1.63. The summed E-state index contributed by atoms with van der Waals surface area (Å²) in [6, 6.07) is 5.83. The van der Waals surface area contributed by atoms with Gasteiger partial charge >= 0.3 is 0 Å². The van der Waals surface area contributed by atoms with Crippen LogP contribution in [0.25, 0.3) is 6.08 Å².